The van der Waals surface area contributed by atoms with Gasteiger partial charge in [0, 0.05) is 16.5 Å². The van der Waals surface area contributed by atoms with Gasteiger partial charge in [0.15, 0.2) is 0 Å². The highest BCUT2D eigenvalue weighted by atomic mass is 32.1. The summed E-state index contributed by atoms with van der Waals surface area (Å²) in [5.41, 5.74) is 2.42. The van der Waals surface area contributed by atoms with Crippen molar-refractivity contribution in [1.82, 2.24) is 0 Å². The molecule has 31 heavy (non-hydrogen) atoms. The Bertz CT molecular complexity index is 947. The molecule has 166 valence electrons. The van der Waals surface area contributed by atoms with Gasteiger partial charge in [0.25, 0.3) is 0 Å². The topological polar surface area (TPSA) is 64.6 Å². The SMILES string of the molecule is CCCCOc1ccccc1/C=C/C(=O)Nc1sc2c(c1C(=O)OCC)C(C)CCC2. The minimum absolute atomic E-state index is 0.278. The molecule has 6 heteroatoms. The molecule has 1 aromatic heterocycles. The van der Waals surface area contributed by atoms with Gasteiger partial charge in [0.2, 0.25) is 5.91 Å². The number of esters is 1. The number of para-hydroxylation sites is 1. The number of aryl methyl sites for hydroxylation is 1. The smallest absolute Gasteiger partial charge is 0.341 e. The molecule has 5 nitrogen and oxygen atoms in total. The number of hydrogen-bond acceptors (Lipinski definition) is 5. The zero-order valence-corrected chi connectivity index (χ0v) is 19.3. The van der Waals surface area contributed by atoms with Crippen molar-refractivity contribution >= 4 is 34.3 Å². The zero-order valence-electron chi connectivity index (χ0n) is 18.5. The fourth-order valence-electron chi connectivity index (χ4n) is 3.80. The minimum Gasteiger partial charge on any atom is -0.493 e. The maximum absolute atomic E-state index is 12.7. The van der Waals surface area contributed by atoms with Crippen molar-refractivity contribution in [3.63, 3.8) is 0 Å². The maximum atomic E-state index is 12.7. The molecule has 0 bridgehead atoms. The lowest BCUT2D eigenvalue weighted by molar-refractivity contribution is -0.111. The maximum Gasteiger partial charge on any atom is 0.341 e. The summed E-state index contributed by atoms with van der Waals surface area (Å²) in [6.45, 7) is 7.00. The lowest BCUT2D eigenvalue weighted by atomic mass is 9.86. The van der Waals surface area contributed by atoms with E-state index >= 15 is 0 Å². The molecule has 3 rings (SSSR count). The first kappa shape index (κ1) is 23.1. The fraction of sp³-hybridized carbons (Fsp3) is 0.440. The van der Waals surface area contributed by atoms with Gasteiger partial charge < -0.3 is 14.8 Å². The number of ether oxygens (including phenoxy) is 2. The van der Waals surface area contributed by atoms with Gasteiger partial charge in [-0.2, -0.15) is 0 Å². The lowest BCUT2D eigenvalue weighted by Crippen LogP contribution is -2.15. The molecule has 0 saturated carbocycles. The van der Waals surface area contributed by atoms with Crippen molar-refractivity contribution in [3.8, 4) is 5.75 Å². The largest absolute Gasteiger partial charge is 0.493 e. The molecule has 0 radical (unpaired) electrons. The van der Waals surface area contributed by atoms with E-state index in [1.165, 1.54) is 22.3 Å². The Morgan fingerprint density at radius 3 is 2.84 bits per heavy atom. The van der Waals surface area contributed by atoms with Crippen LogP contribution in [0.25, 0.3) is 6.08 Å². The van der Waals surface area contributed by atoms with Crippen LogP contribution in [0.2, 0.25) is 0 Å². The first-order valence-electron chi connectivity index (χ1n) is 11.1. The highest BCUT2D eigenvalue weighted by Crippen LogP contribution is 2.43. The highest BCUT2D eigenvalue weighted by Gasteiger charge is 2.30. The molecule has 0 fully saturated rings. The van der Waals surface area contributed by atoms with Crippen LogP contribution >= 0.6 is 11.3 Å². The van der Waals surface area contributed by atoms with Crippen LogP contribution in [0.5, 0.6) is 5.75 Å². The van der Waals surface area contributed by atoms with Crippen LogP contribution in [0.1, 0.15) is 78.7 Å². The molecular formula is C25H31NO4S. The van der Waals surface area contributed by atoms with E-state index in [0.29, 0.717) is 23.8 Å². The van der Waals surface area contributed by atoms with Crippen molar-refractivity contribution in [3.05, 3.63) is 51.9 Å². The zero-order chi connectivity index (χ0) is 22.2. The summed E-state index contributed by atoms with van der Waals surface area (Å²) in [5, 5.41) is 3.50. The Balaban J connectivity index is 1.79. The summed E-state index contributed by atoms with van der Waals surface area (Å²) in [4.78, 5) is 26.6. The van der Waals surface area contributed by atoms with Gasteiger partial charge in [-0.25, -0.2) is 4.79 Å². The van der Waals surface area contributed by atoms with E-state index in [1.54, 1.807) is 13.0 Å². The number of amides is 1. The summed E-state index contributed by atoms with van der Waals surface area (Å²) in [6.07, 6.45) is 8.35. The minimum atomic E-state index is -0.359. The molecule has 1 heterocycles. The van der Waals surface area contributed by atoms with Crippen molar-refractivity contribution in [1.29, 1.82) is 0 Å². The van der Waals surface area contributed by atoms with Gasteiger partial charge in [0.1, 0.15) is 10.8 Å². The predicted molar refractivity (Wildman–Crippen MR) is 126 cm³/mol. The average Bonchev–Trinajstić information content (AvgIpc) is 3.12. The van der Waals surface area contributed by atoms with Gasteiger partial charge in [-0.1, -0.05) is 38.5 Å². The standard InChI is InChI=1S/C25H31NO4S/c1-4-6-16-30-19-12-8-7-11-18(19)14-15-21(27)26-24-23(25(28)29-5-2)22-17(3)10-9-13-20(22)31-24/h7-8,11-12,14-15,17H,4-6,9-10,13,16H2,1-3H3,(H,26,27)/b15-14+. The first-order valence-corrected chi connectivity index (χ1v) is 11.9. The lowest BCUT2D eigenvalue weighted by Gasteiger charge is -2.19. The van der Waals surface area contributed by atoms with E-state index in [-0.39, 0.29) is 17.8 Å². The molecule has 1 unspecified atom stereocenters. The fourth-order valence-corrected chi connectivity index (χ4v) is 5.15. The van der Waals surface area contributed by atoms with E-state index in [4.69, 9.17) is 9.47 Å². The van der Waals surface area contributed by atoms with Crippen LogP contribution in [0, 0.1) is 0 Å². The van der Waals surface area contributed by atoms with E-state index in [1.807, 2.05) is 24.3 Å². The van der Waals surface area contributed by atoms with Crippen molar-refractivity contribution < 1.29 is 19.1 Å². The van der Waals surface area contributed by atoms with Gasteiger partial charge in [-0.15, -0.1) is 11.3 Å². The van der Waals surface area contributed by atoms with Crippen LogP contribution in [0.15, 0.2) is 30.3 Å². The normalized spacial score (nSPS) is 15.5. The van der Waals surface area contributed by atoms with Crippen LogP contribution < -0.4 is 10.1 Å². The molecule has 0 aliphatic heterocycles. The number of rotatable bonds is 9. The molecule has 1 aliphatic carbocycles. The second-order valence-electron chi connectivity index (χ2n) is 7.72. The van der Waals surface area contributed by atoms with Gasteiger partial charge >= 0.3 is 5.97 Å². The van der Waals surface area contributed by atoms with Gasteiger partial charge in [0.05, 0.1) is 18.8 Å². The molecule has 0 spiro atoms. The predicted octanol–water partition coefficient (Wildman–Crippen LogP) is 6.20. The third-order valence-corrected chi connectivity index (χ3v) is 6.54. The Kier molecular flexibility index (Phi) is 8.29. The van der Waals surface area contributed by atoms with E-state index in [2.05, 4.69) is 19.2 Å². The van der Waals surface area contributed by atoms with Gasteiger partial charge in [-0.05, 0) is 56.2 Å². The number of thiophene rings is 1. The number of carbonyl (C=O) groups is 2. The van der Waals surface area contributed by atoms with Crippen molar-refractivity contribution in [2.75, 3.05) is 18.5 Å². The van der Waals surface area contributed by atoms with Crippen LogP contribution in [0.3, 0.4) is 0 Å². The number of hydrogen-bond donors (Lipinski definition) is 1. The number of unbranched alkanes of at least 4 members (excludes halogenated alkanes) is 1. The number of benzene rings is 1. The summed E-state index contributed by atoms with van der Waals surface area (Å²) in [6, 6.07) is 7.65. The second-order valence-corrected chi connectivity index (χ2v) is 8.82. The summed E-state index contributed by atoms with van der Waals surface area (Å²) in [7, 11) is 0. The number of carbonyl (C=O) groups excluding carboxylic acids is 2. The highest BCUT2D eigenvalue weighted by molar-refractivity contribution is 7.17. The summed E-state index contributed by atoms with van der Waals surface area (Å²) >= 11 is 1.50. The Labute approximate surface area is 188 Å². The van der Waals surface area contributed by atoms with E-state index in [9.17, 15) is 9.59 Å². The Morgan fingerprint density at radius 2 is 2.06 bits per heavy atom. The van der Waals surface area contributed by atoms with E-state index < -0.39 is 0 Å². The Hall–Kier alpha value is -2.60. The van der Waals surface area contributed by atoms with Crippen LogP contribution in [0.4, 0.5) is 5.00 Å². The van der Waals surface area contributed by atoms with E-state index in [0.717, 1.165) is 49.0 Å². The van der Waals surface area contributed by atoms with Crippen LogP contribution in [-0.4, -0.2) is 25.1 Å². The molecule has 2 aromatic rings. The molecule has 0 saturated heterocycles. The molecule has 1 N–H and O–H groups in total. The van der Waals surface area contributed by atoms with Crippen molar-refractivity contribution in [2.24, 2.45) is 0 Å². The first-order chi connectivity index (χ1) is 15.0. The summed E-state index contributed by atoms with van der Waals surface area (Å²) in [5.74, 6) is 0.406. The Morgan fingerprint density at radius 1 is 1.26 bits per heavy atom. The number of fused-ring (bicyclic) bond motifs is 1. The molecule has 1 amide bonds. The summed E-state index contributed by atoms with van der Waals surface area (Å²) < 4.78 is 11.1. The van der Waals surface area contributed by atoms with Gasteiger partial charge in [-0.3, -0.25) is 4.79 Å². The molecule has 1 aliphatic rings. The average molecular weight is 442 g/mol. The quantitative estimate of drug-likeness (QED) is 0.286. The molecule has 1 atom stereocenters. The third kappa shape index (κ3) is 5.76. The number of anilines is 1. The molecular weight excluding hydrogens is 410 g/mol. The third-order valence-electron chi connectivity index (χ3n) is 5.36. The van der Waals surface area contributed by atoms with Crippen molar-refractivity contribution in [2.45, 2.75) is 58.8 Å². The monoisotopic (exact) mass is 441 g/mol. The second kappa shape index (κ2) is 11.1. The number of nitrogens with one attached hydrogen (secondary N) is 1. The van der Waals surface area contributed by atoms with Crippen LogP contribution in [-0.2, 0) is 16.0 Å². The molecule has 1 aromatic carbocycles.